The normalized spacial score (nSPS) is 18.2. The van der Waals surface area contributed by atoms with Gasteiger partial charge >= 0.3 is 0 Å². The van der Waals surface area contributed by atoms with Gasteiger partial charge in [-0.15, -0.1) is 0 Å². The minimum Gasteiger partial charge on any atom is -0.496 e. The molecule has 4 aromatic carbocycles. The monoisotopic (exact) mass is 891 g/mol. The van der Waals surface area contributed by atoms with Crippen molar-refractivity contribution in [3.63, 3.8) is 0 Å². The average Bonchev–Trinajstić information content (AvgIpc) is 3.89. The van der Waals surface area contributed by atoms with Gasteiger partial charge in [-0.1, -0.05) is 24.3 Å². The molecule has 6 aromatic rings. The molecule has 4 amide bonds. The molecule has 4 aliphatic heterocycles. The number of methoxy groups -OCH3 is 1. The number of imide groups is 1. The molecule has 0 aliphatic carbocycles. The van der Waals surface area contributed by atoms with E-state index < -0.39 is 17.8 Å². The van der Waals surface area contributed by atoms with Gasteiger partial charge in [-0.05, 0) is 97.0 Å². The molecule has 6 heterocycles. The lowest BCUT2D eigenvalue weighted by Gasteiger charge is -2.40. The molecular formula is C49H50FN11O5. The van der Waals surface area contributed by atoms with Crippen LogP contribution in [0.4, 0.5) is 21.6 Å². The van der Waals surface area contributed by atoms with Crippen molar-refractivity contribution in [3.8, 4) is 22.7 Å². The van der Waals surface area contributed by atoms with Gasteiger partial charge in [-0.3, -0.25) is 29.4 Å². The Labute approximate surface area is 380 Å². The number of piperazine rings is 1. The topological polar surface area (TPSA) is 184 Å². The maximum atomic E-state index is 13.9. The van der Waals surface area contributed by atoms with Crippen LogP contribution in [0.3, 0.4) is 0 Å². The first kappa shape index (κ1) is 42.5. The summed E-state index contributed by atoms with van der Waals surface area (Å²) in [7, 11) is 1.44. The van der Waals surface area contributed by atoms with Crippen LogP contribution < -0.4 is 30.9 Å². The maximum Gasteiger partial charge on any atom is 0.255 e. The van der Waals surface area contributed by atoms with Gasteiger partial charge in [0.25, 0.3) is 11.8 Å². The van der Waals surface area contributed by atoms with Crippen LogP contribution in [0.1, 0.15) is 57.5 Å². The third-order valence-corrected chi connectivity index (χ3v) is 13.4. The number of ether oxygens (including phenoxy) is 1. The lowest BCUT2D eigenvalue weighted by molar-refractivity contribution is -0.136. The van der Waals surface area contributed by atoms with Gasteiger partial charge in [0.1, 0.15) is 35.4 Å². The Balaban J connectivity index is 0.726. The molecule has 2 aromatic heterocycles. The molecule has 10 rings (SSSR count). The maximum absolute atomic E-state index is 13.9. The van der Waals surface area contributed by atoms with E-state index in [-0.39, 0.29) is 36.3 Å². The predicted molar refractivity (Wildman–Crippen MR) is 247 cm³/mol. The van der Waals surface area contributed by atoms with E-state index in [0.717, 1.165) is 98.5 Å². The minimum atomic E-state index is -0.611. The number of amides is 4. The van der Waals surface area contributed by atoms with Gasteiger partial charge in [0.05, 0.1) is 23.7 Å². The number of carbonyl (C=O) groups is 4. The van der Waals surface area contributed by atoms with Crippen LogP contribution in [-0.2, 0) is 22.7 Å². The molecule has 1 unspecified atom stereocenters. The molecule has 66 heavy (non-hydrogen) atoms. The van der Waals surface area contributed by atoms with Gasteiger partial charge in [0.2, 0.25) is 11.8 Å². The van der Waals surface area contributed by atoms with Crippen molar-refractivity contribution < 1.29 is 28.3 Å². The quantitative estimate of drug-likeness (QED) is 0.149. The van der Waals surface area contributed by atoms with Crippen LogP contribution in [0.15, 0.2) is 91.3 Å². The molecule has 1 atom stereocenters. The van der Waals surface area contributed by atoms with Gasteiger partial charge in [0, 0.05) is 87.8 Å². The number of hydrogen-bond acceptors (Lipinski definition) is 12. The first-order valence-corrected chi connectivity index (χ1v) is 22.4. The van der Waals surface area contributed by atoms with E-state index in [1.54, 1.807) is 9.58 Å². The lowest BCUT2D eigenvalue weighted by atomic mass is 9.95. The smallest absolute Gasteiger partial charge is 0.255 e. The van der Waals surface area contributed by atoms with Gasteiger partial charge < -0.3 is 30.5 Å². The van der Waals surface area contributed by atoms with Crippen molar-refractivity contribution in [1.29, 1.82) is 0 Å². The molecule has 17 heteroatoms. The summed E-state index contributed by atoms with van der Waals surface area (Å²) in [5.41, 5.74) is 14.1. The van der Waals surface area contributed by atoms with Gasteiger partial charge in [-0.25, -0.2) is 19.0 Å². The number of nitrogen functional groups attached to an aromatic ring is 1. The van der Waals surface area contributed by atoms with Gasteiger partial charge in [0.15, 0.2) is 5.65 Å². The Kier molecular flexibility index (Phi) is 11.5. The number of carbonyl (C=O) groups excluding carboxylic acids is 4. The van der Waals surface area contributed by atoms with Gasteiger partial charge in [-0.2, -0.15) is 5.10 Å². The molecule has 0 spiro atoms. The fraction of sp³-hybridized carbons (Fsp3) is 0.327. The molecule has 3 saturated heterocycles. The Morgan fingerprint density at radius 3 is 2.32 bits per heavy atom. The lowest BCUT2D eigenvalue weighted by Crippen LogP contribution is -2.52. The zero-order chi connectivity index (χ0) is 45.5. The fourth-order valence-electron chi connectivity index (χ4n) is 9.76. The van der Waals surface area contributed by atoms with E-state index in [1.807, 2.05) is 36.4 Å². The number of nitrogens with two attached hydrogens (primary N) is 1. The fourth-order valence-corrected chi connectivity index (χ4v) is 9.76. The highest BCUT2D eigenvalue weighted by Gasteiger charge is 2.39. The third kappa shape index (κ3) is 8.37. The van der Waals surface area contributed by atoms with Crippen LogP contribution in [0.5, 0.6) is 5.75 Å². The molecular weight excluding hydrogens is 842 g/mol. The molecule has 4 N–H and O–H groups in total. The number of aromatic nitrogens is 4. The highest BCUT2D eigenvalue weighted by molar-refractivity contribution is 6.05. The zero-order valence-electron chi connectivity index (χ0n) is 36.6. The standard InChI is InChI=1S/C49H50FN11O5/c1-66-41-14-6-34(50)25-39(41)47(63)52-26-30-2-4-32(5-3-30)44-43-45(51)53-29-54-46(43)61(56-44)36-9-7-35(8-10-36)58-18-16-31(17-19-58)27-57-20-22-59(23-21-57)37-11-12-38-33(24-37)28-60(49(38)65)40-13-15-42(62)55-48(40)64/h2-12,14,24-25,29,31,40H,13,15-23,26-28H2,1H3,(H,52,63)(H2,51,53,54)(H,55,62,64). The summed E-state index contributed by atoms with van der Waals surface area (Å²) < 4.78 is 20.9. The number of rotatable bonds is 11. The number of anilines is 3. The molecule has 0 saturated carbocycles. The largest absolute Gasteiger partial charge is 0.496 e. The number of benzene rings is 4. The van der Waals surface area contributed by atoms with Crippen LogP contribution in [0, 0.1) is 11.7 Å². The van der Waals surface area contributed by atoms with Crippen LogP contribution >= 0.6 is 0 Å². The van der Waals surface area contributed by atoms with E-state index in [0.29, 0.717) is 52.7 Å². The molecule has 4 aliphatic rings. The second-order valence-corrected chi connectivity index (χ2v) is 17.4. The Morgan fingerprint density at radius 2 is 1.58 bits per heavy atom. The van der Waals surface area contributed by atoms with E-state index >= 15 is 0 Å². The summed E-state index contributed by atoms with van der Waals surface area (Å²) in [6, 6.07) is 25.2. The number of halogens is 1. The van der Waals surface area contributed by atoms with Crippen LogP contribution in [0.2, 0.25) is 0 Å². The number of hydrogen-bond donors (Lipinski definition) is 3. The molecule has 0 radical (unpaired) electrons. The number of nitrogens with one attached hydrogen (secondary N) is 2. The minimum absolute atomic E-state index is 0.123. The van der Waals surface area contributed by atoms with Crippen LogP contribution in [0.25, 0.3) is 28.0 Å². The van der Waals surface area contributed by atoms with E-state index in [9.17, 15) is 23.6 Å². The SMILES string of the molecule is COc1ccc(F)cc1C(=O)NCc1ccc(-c2nn(-c3ccc(N4CCC(CN5CCN(c6ccc7c(c6)CN(C6CCC(=O)NC6=O)C7=O)CC5)CC4)cc3)c3ncnc(N)c23)cc1. The van der Waals surface area contributed by atoms with E-state index in [2.05, 4.69) is 65.6 Å². The van der Waals surface area contributed by atoms with Crippen molar-refractivity contribution in [2.24, 2.45) is 5.92 Å². The highest BCUT2D eigenvalue weighted by Crippen LogP contribution is 2.34. The Morgan fingerprint density at radius 1 is 0.848 bits per heavy atom. The summed E-state index contributed by atoms with van der Waals surface area (Å²) >= 11 is 0. The number of fused-ring (bicyclic) bond motifs is 2. The Hall–Kier alpha value is -7.40. The van der Waals surface area contributed by atoms with Crippen molar-refractivity contribution >= 4 is 51.9 Å². The van der Waals surface area contributed by atoms with Crippen molar-refractivity contribution in [1.82, 2.24) is 40.2 Å². The molecule has 3 fully saturated rings. The second-order valence-electron chi connectivity index (χ2n) is 17.4. The summed E-state index contributed by atoms with van der Waals surface area (Å²) in [5.74, 6) is -0.551. The second kappa shape index (κ2) is 17.9. The average molecular weight is 892 g/mol. The Bertz CT molecular complexity index is 2840. The highest BCUT2D eigenvalue weighted by atomic mass is 19.1. The molecule has 338 valence electrons. The summed E-state index contributed by atoms with van der Waals surface area (Å²) in [4.78, 5) is 68.1. The first-order valence-electron chi connectivity index (χ1n) is 22.4. The van der Waals surface area contributed by atoms with Crippen molar-refractivity contribution in [2.45, 2.75) is 44.8 Å². The molecule has 0 bridgehead atoms. The summed E-state index contributed by atoms with van der Waals surface area (Å²) in [6.07, 6.45) is 4.27. The number of piperidine rings is 2. The summed E-state index contributed by atoms with van der Waals surface area (Å²) in [5, 5.41) is 10.8. The van der Waals surface area contributed by atoms with Crippen LogP contribution in [-0.4, -0.2) is 112 Å². The predicted octanol–water partition coefficient (Wildman–Crippen LogP) is 4.94. The van der Waals surface area contributed by atoms with Crippen molar-refractivity contribution in [3.05, 3.63) is 119 Å². The number of nitrogens with zero attached hydrogens (tertiary/aromatic N) is 8. The van der Waals surface area contributed by atoms with Crippen molar-refractivity contribution in [2.75, 3.05) is 68.5 Å². The molecule has 16 nitrogen and oxygen atoms in total. The summed E-state index contributed by atoms with van der Waals surface area (Å²) in [6.45, 7) is 7.40. The first-order chi connectivity index (χ1) is 32.1. The van der Waals surface area contributed by atoms with E-state index in [4.69, 9.17) is 15.6 Å². The van der Waals surface area contributed by atoms with E-state index in [1.165, 1.54) is 25.6 Å². The third-order valence-electron chi connectivity index (χ3n) is 13.4. The zero-order valence-corrected chi connectivity index (χ0v) is 36.6.